The van der Waals surface area contributed by atoms with Crippen molar-refractivity contribution in [3.63, 3.8) is 0 Å². The number of morpholine rings is 1. The number of hydrogen-bond acceptors (Lipinski definition) is 7. The Morgan fingerprint density at radius 2 is 2.00 bits per heavy atom. The number of carbonyl (C=O) groups excluding carboxylic acids is 1. The van der Waals surface area contributed by atoms with Crippen molar-refractivity contribution in [2.24, 2.45) is 4.99 Å². The first-order chi connectivity index (χ1) is 13.9. The first-order valence-corrected chi connectivity index (χ1v) is 9.98. The van der Waals surface area contributed by atoms with Gasteiger partial charge in [-0.05, 0) is 37.7 Å². The van der Waals surface area contributed by atoms with E-state index >= 15 is 0 Å². The number of aliphatic imine (C=N–C) groups is 1. The molecule has 0 unspecified atom stereocenters. The molecule has 0 bridgehead atoms. The van der Waals surface area contributed by atoms with Gasteiger partial charge < -0.3 is 14.1 Å². The van der Waals surface area contributed by atoms with Crippen molar-refractivity contribution >= 4 is 34.6 Å². The van der Waals surface area contributed by atoms with E-state index < -0.39 is 4.92 Å². The molecule has 2 aromatic rings. The summed E-state index contributed by atoms with van der Waals surface area (Å²) in [5.41, 5.74) is 0.592. The number of ether oxygens (including phenoxy) is 1. The minimum absolute atomic E-state index is 0.00709. The molecule has 0 spiro atoms. The zero-order chi connectivity index (χ0) is 20.5. The Labute approximate surface area is 171 Å². The zero-order valence-corrected chi connectivity index (χ0v) is 16.7. The van der Waals surface area contributed by atoms with Crippen LogP contribution in [0.25, 0.3) is 17.4 Å². The molecular formula is C20H19N3O5S. The highest BCUT2D eigenvalue weighted by Crippen LogP contribution is 2.33. The molecule has 0 saturated carbocycles. The Bertz CT molecular complexity index is 1020. The lowest BCUT2D eigenvalue weighted by Gasteiger charge is -2.35. The highest BCUT2D eigenvalue weighted by atomic mass is 32.2. The van der Waals surface area contributed by atoms with E-state index in [1.165, 1.54) is 23.9 Å². The van der Waals surface area contributed by atoms with Gasteiger partial charge in [0.25, 0.3) is 11.6 Å². The van der Waals surface area contributed by atoms with E-state index in [4.69, 9.17) is 9.15 Å². The predicted molar refractivity (Wildman–Crippen MR) is 110 cm³/mol. The number of amides is 1. The number of amidine groups is 1. The number of non-ortho nitro benzene ring substituents is 1. The number of nitro benzene ring substituents is 1. The average Bonchev–Trinajstić information content (AvgIpc) is 3.29. The summed E-state index contributed by atoms with van der Waals surface area (Å²) < 4.78 is 11.5. The van der Waals surface area contributed by atoms with Gasteiger partial charge in [0, 0.05) is 36.9 Å². The Morgan fingerprint density at radius 3 is 2.72 bits per heavy atom. The van der Waals surface area contributed by atoms with E-state index in [1.54, 1.807) is 30.3 Å². The minimum atomic E-state index is -0.449. The molecule has 0 N–H and O–H groups in total. The summed E-state index contributed by atoms with van der Waals surface area (Å²) in [4.78, 5) is 29.6. The van der Waals surface area contributed by atoms with Gasteiger partial charge in [0.2, 0.25) is 0 Å². The minimum Gasteiger partial charge on any atom is -0.457 e. The maximum absolute atomic E-state index is 12.3. The van der Waals surface area contributed by atoms with Gasteiger partial charge in [-0.2, -0.15) is 4.99 Å². The van der Waals surface area contributed by atoms with Crippen LogP contribution in [0.2, 0.25) is 0 Å². The molecule has 4 rings (SSSR count). The van der Waals surface area contributed by atoms with Gasteiger partial charge in [-0.1, -0.05) is 12.1 Å². The monoisotopic (exact) mass is 413 g/mol. The van der Waals surface area contributed by atoms with E-state index in [2.05, 4.69) is 9.89 Å². The van der Waals surface area contributed by atoms with E-state index in [1.807, 2.05) is 13.8 Å². The third kappa shape index (κ3) is 4.25. The number of furan rings is 1. The summed E-state index contributed by atoms with van der Waals surface area (Å²) in [6, 6.07) is 9.67. The number of rotatable bonds is 3. The van der Waals surface area contributed by atoms with Gasteiger partial charge in [-0.15, -0.1) is 0 Å². The molecule has 1 aromatic heterocycles. The third-order valence-corrected chi connectivity index (χ3v) is 5.59. The van der Waals surface area contributed by atoms with Crippen molar-refractivity contribution in [1.29, 1.82) is 0 Å². The lowest BCUT2D eigenvalue weighted by molar-refractivity contribution is -0.384. The van der Waals surface area contributed by atoms with E-state index in [0.717, 1.165) is 0 Å². The van der Waals surface area contributed by atoms with Crippen LogP contribution in [0.1, 0.15) is 19.6 Å². The number of hydrogen-bond donors (Lipinski definition) is 0. The average molecular weight is 413 g/mol. The highest BCUT2D eigenvalue weighted by molar-refractivity contribution is 8.18. The normalized spacial score (nSPS) is 23.5. The topological polar surface area (TPSA) is 98.2 Å². The summed E-state index contributed by atoms with van der Waals surface area (Å²) in [5, 5.41) is 11.6. The van der Waals surface area contributed by atoms with Crippen LogP contribution < -0.4 is 0 Å². The van der Waals surface area contributed by atoms with E-state index in [0.29, 0.717) is 40.2 Å². The first kappa shape index (κ1) is 19.4. The number of nitro groups is 1. The summed E-state index contributed by atoms with van der Waals surface area (Å²) in [6.45, 7) is 5.38. The standard InChI is InChI=1S/C20H19N3O5S/c1-12-10-22(11-13(2)27-12)20-21-19(24)18(29-20)9-16-6-7-17(28-16)14-4-3-5-15(8-14)23(25)26/h3-9,12-13H,10-11H2,1-2H3/b18-9+/t12-,13-/m0/s1. The molecule has 9 heteroatoms. The molecule has 1 saturated heterocycles. The Balaban J connectivity index is 1.51. The second-order valence-corrected chi connectivity index (χ2v) is 7.99. The molecule has 2 atom stereocenters. The number of carbonyl (C=O) groups is 1. The van der Waals surface area contributed by atoms with Crippen molar-refractivity contribution < 1.29 is 18.9 Å². The fraction of sp³-hybridized carbons (Fsp3) is 0.300. The zero-order valence-electron chi connectivity index (χ0n) is 15.9. The quantitative estimate of drug-likeness (QED) is 0.427. The molecule has 1 fully saturated rings. The van der Waals surface area contributed by atoms with Crippen LogP contribution in [0.15, 0.2) is 50.7 Å². The fourth-order valence-electron chi connectivity index (χ4n) is 3.35. The van der Waals surface area contributed by atoms with Gasteiger partial charge in [0.05, 0.1) is 22.0 Å². The Morgan fingerprint density at radius 1 is 1.24 bits per heavy atom. The lowest BCUT2D eigenvalue weighted by Crippen LogP contribution is -2.47. The van der Waals surface area contributed by atoms with Crippen LogP contribution in [0, 0.1) is 10.1 Å². The summed E-state index contributed by atoms with van der Waals surface area (Å²) in [5.74, 6) is 0.681. The molecule has 2 aliphatic heterocycles. The number of thioether (sulfide) groups is 1. The molecule has 1 amide bonds. The van der Waals surface area contributed by atoms with Gasteiger partial charge in [0.15, 0.2) is 5.17 Å². The van der Waals surface area contributed by atoms with Crippen molar-refractivity contribution in [3.05, 3.63) is 57.2 Å². The van der Waals surface area contributed by atoms with Crippen molar-refractivity contribution in [2.75, 3.05) is 13.1 Å². The van der Waals surface area contributed by atoms with Gasteiger partial charge in [-0.3, -0.25) is 14.9 Å². The summed E-state index contributed by atoms with van der Waals surface area (Å²) in [7, 11) is 0. The molecule has 0 aliphatic carbocycles. The smallest absolute Gasteiger partial charge is 0.286 e. The van der Waals surface area contributed by atoms with Crippen molar-refractivity contribution in [3.8, 4) is 11.3 Å². The second kappa shape index (κ2) is 7.84. The van der Waals surface area contributed by atoms with Crippen molar-refractivity contribution in [1.82, 2.24) is 4.90 Å². The van der Waals surface area contributed by atoms with Crippen LogP contribution in [0.3, 0.4) is 0 Å². The molecule has 150 valence electrons. The SMILES string of the molecule is C[C@H]1CN(C2=NC(=O)/C(=C\c3ccc(-c4cccc([N+](=O)[O-])c4)o3)S2)C[C@H](C)O1. The first-order valence-electron chi connectivity index (χ1n) is 9.16. The van der Waals surface area contributed by atoms with Crippen LogP contribution in [-0.2, 0) is 9.53 Å². The van der Waals surface area contributed by atoms with Crippen LogP contribution in [-0.4, -0.2) is 46.2 Å². The third-order valence-electron chi connectivity index (χ3n) is 4.54. The fourth-order valence-corrected chi connectivity index (χ4v) is 4.27. The summed E-state index contributed by atoms with van der Waals surface area (Å²) in [6.07, 6.45) is 1.80. The highest BCUT2D eigenvalue weighted by Gasteiger charge is 2.31. The van der Waals surface area contributed by atoms with E-state index in [9.17, 15) is 14.9 Å². The molecule has 3 heterocycles. The van der Waals surface area contributed by atoms with Gasteiger partial charge in [-0.25, -0.2) is 0 Å². The van der Waals surface area contributed by atoms with Crippen LogP contribution >= 0.6 is 11.8 Å². The Kier molecular flexibility index (Phi) is 5.25. The molecule has 2 aliphatic rings. The number of benzene rings is 1. The Hall–Kier alpha value is -2.91. The second-order valence-electron chi connectivity index (χ2n) is 6.98. The molecule has 0 radical (unpaired) electrons. The maximum Gasteiger partial charge on any atom is 0.286 e. The molecule has 8 nitrogen and oxygen atoms in total. The number of nitrogens with zero attached hydrogens (tertiary/aromatic N) is 3. The lowest BCUT2D eigenvalue weighted by atomic mass is 10.1. The predicted octanol–water partition coefficient (Wildman–Crippen LogP) is 3.93. The van der Waals surface area contributed by atoms with Crippen LogP contribution in [0.5, 0.6) is 0 Å². The summed E-state index contributed by atoms with van der Waals surface area (Å²) >= 11 is 1.32. The molecular weight excluding hydrogens is 394 g/mol. The van der Waals surface area contributed by atoms with Crippen molar-refractivity contribution in [2.45, 2.75) is 26.1 Å². The van der Waals surface area contributed by atoms with Gasteiger partial charge >= 0.3 is 0 Å². The largest absolute Gasteiger partial charge is 0.457 e. The van der Waals surface area contributed by atoms with E-state index in [-0.39, 0.29) is 23.8 Å². The molecule has 29 heavy (non-hydrogen) atoms. The maximum atomic E-state index is 12.3. The molecule has 1 aromatic carbocycles. The van der Waals surface area contributed by atoms with Gasteiger partial charge in [0.1, 0.15) is 11.5 Å². The van der Waals surface area contributed by atoms with Crippen LogP contribution in [0.4, 0.5) is 5.69 Å².